The number of ether oxygens (including phenoxy) is 2. The van der Waals surface area contributed by atoms with Crippen LogP contribution in [0.15, 0.2) is 23.4 Å². The Balaban J connectivity index is 1.69. The second kappa shape index (κ2) is 9.99. The molecule has 0 bridgehead atoms. The van der Waals surface area contributed by atoms with E-state index in [1.807, 2.05) is 39.0 Å². The first-order chi connectivity index (χ1) is 14.5. The summed E-state index contributed by atoms with van der Waals surface area (Å²) < 4.78 is 10.7. The summed E-state index contributed by atoms with van der Waals surface area (Å²) in [6, 6.07) is 5.64. The van der Waals surface area contributed by atoms with Crippen molar-refractivity contribution in [2.45, 2.75) is 39.3 Å². The van der Waals surface area contributed by atoms with E-state index in [2.05, 4.69) is 15.3 Å². The van der Waals surface area contributed by atoms with Gasteiger partial charge in [0.2, 0.25) is 5.91 Å². The molecule has 7 nitrogen and oxygen atoms in total. The second-order valence-corrected chi connectivity index (χ2v) is 8.59. The fourth-order valence-corrected chi connectivity index (χ4v) is 4.93. The number of hydrogen-bond acceptors (Lipinski definition) is 7. The first-order valence-corrected chi connectivity index (χ1v) is 11.6. The number of aromatic amines is 1. The van der Waals surface area contributed by atoms with Crippen LogP contribution in [0.4, 0.5) is 5.00 Å². The Morgan fingerprint density at radius 2 is 2.03 bits per heavy atom. The third-order valence-electron chi connectivity index (χ3n) is 4.38. The number of esters is 1. The van der Waals surface area contributed by atoms with Gasteiger partial charge in [-0.3, -0.25) is 4.79 Å². The van der Waals surface area contributed by atoms with E-state index in [1.54, 1.807) is 6.92 Å². The number of H-pyrrole nitrogens is 1. The van der Waals surface area contributed by atoms with Gasteiger partial charge in [0.05, 0.1) is 35.6 Å². The fourth-order valence-electron chi connectivity index (χ4n) is 3.10. The molecule has 2 N–H and O–H groups in total. The predicted molar refractivity (Wildman–Crippen MR) is 121 cm³/mol. The fraction of sp³-hybridized carbons (Fsp3) is 0.381. The van der Waals surface area contributed by atoms with E-state index in [1.165, 1.54) is 23.1 Å². The van der Waals surface area contributed by atoms with Crippen molar-refractivity contribution in [2.75, 3.05) is 24.3 Å². The van der Waals surface area contributed by atoms with E-state index >= 15 is 0 Å². The number of amides is 1. The molecule has 0 saturated carbocycles. The zero-order valence-electron chi connectivity index (χ0n) is 17.5. The minimum absolute atomic E-state index is 0.165. The lowest BCUT2D eigenvalue weighted by Crippen LogP contribution is -2.16. The molecule has 0 spiro atoms. The van der Waals surface area contributed by atoms with Crippen LogP contribution in [0.25, 0.3) is 11.0 Å². The second-order valence-electron chi connectivity index (χ2n) is 6.41. The van der Waals surface area contributed by atoms with Crippen molar-refractivity contribution < 1.29 is 19.1 Å². The van der Waals surface area contributed by atoms with Crippen LogP contribution in [0, 0.1) is 6.92 Å². The Morgan fingerprint density at radius 1 is 1.23 bits per heavy atom. The molecular weight excluding hydrogens is 422 g/mol. The lowest BCUT2D eigenvalue weighted by molar-refractivity contribution is -0.113. The number of carbonyl (C=O) groups is 2. The van der Waals surface area contributed by atoms with E-state index in [0.717, 1.165) is 27.2 Å². The van der Waals surface area contributed by atoms with Crippen LogP contribution in [0.5, 0.6) is 5.75 Å². The summed E-state index contributed by atoms with van der Waals surface area (Å²) >= 11 is 2.70. The van der Waals surface area contributed by atoms with Crippen LogP contribution < -0.4 is 10.1 Å². The van der Waals surface area contributed by atoms with Crippen molar-refractivity contribution in [3.63, 3.8) is 0 Å². The summed E-state index contributed by atoms with van der Waals surface area (Å²) in [5.74, 6) is 0.335. The van der Waals surface area contributed by atoms with Gasteiger partial charge in [-0.25, -0.2) is 9.78 Å². The van der Waals surface area contributed by atoms with Crippen LogP contribution in [0.2, 0.25) is 0 Å². The Hall–Kier alpha value is -2.52. The number of imidazole rings is 1. The molecule has 0 saturated heterocycles. The van der Waals surface area contributed by atoms with Gasteiger partial charge < -0.3 is 19.8 Å². The monoisotopic (exact) mass is 447 g/mol. The highest BCUT2D eigenvalue weighted by atomic mass is 32.2. The van der Waals surface area contributed by atoms with E-state index in [-0.39, 0.29) is 18.3 Å². The van der Waals surface area contributed by atoms with Gasteiger partial charge in [-0.15, -0.1) is 11.3 Å². The lowest BCUT2D eigenvalue weighted by atomic mass is 10.1. The summed E-state index contributed by atoms with van der Waals surface area (Å²) in [5, 5.41) is 4.06. The summed E-state index contributed by atoms with van der Waals surface area (Å²) in [5.41, 5.74) is 3.05. The van der Waals surface area contributed by atoms with Crippen LogP contribution in [-0.2, 0) is 16.0 Å². The molecule has 0 aliphatic heterocycles. The normalized spacial score (nSPS) is 10.9. The van der Waals surface area contributed by atoms with Crippen LogP contribution >= 0.6 is 23.1 Å². The molecule has 3 rings (SSSR count). The summed E-state index contributed by atoms with van der Waals surface area (Å²) in [7, 11) is 0. The van der Waals surface area contributed by atoms with Crippen molar-refractivity contribution in [1.82, 2.24) is 9.97 Å². The maximum absolute atomic E-state index is 12.5. The van der Waals surface area contributed by atoms with Gasteiger partial charge >= 0.3 is 5.97 Å². The molecule has 0 fully saturated rings. The number of hydrogen-bond donors (Lipinski definition) is 2. The number of nitrogens with one attached hydrogen (secondary N) is 2. The lowest BCUT2D eigenvalue weighted by Gasteiger charge is -2.07. The molecule has 0 radical (unpaired) electrons. The maximum atomic E-state index is 12.5. The van der Waals surface area contributed by atoms with Crippen LogP contribution in [-0.4, -0.2) is 40.8 Å². The largest absolute Gasteiger partial charge is 0.494 e. The SMILES string of the molecule is CCOC(=O)c1c(NC(=O)CSc2nc3ccc(OCC)cc3[nH]2)sc(C)c1CC. The van der Waals surface area contributed by atoms with E-state index in [9.17, 15) is 9.59 Å². The number of thioether (sulfide) groups is 1. The number of aryl methyl sites for hydroxylation is 1. The zero-order chi connectivity index (χ0) is 21.7. The number of rotatable bonds is 9. The molecule has 3 aromatic rings. The Labute approximate surface area is 183 Å². The Kier molecular flexibility index (Phi) is 7.38. The molecule has 1 amide bonds. The quantitative estimate of drug-likeness (QED) is 0.361. The molecule has 0 atom stereocenters. The highest BCUT2D eigenvalue weighted by Crippen LogP contribution is 2.34. The van der Waals surface area contributed by atoms with Gasteiger partial charge in [-0.2, -0.15) is 0 Å². The Bertz CT molecular complexity index is 1060. The Morgan fingerprint density at radius 3 is 2.73 bits per heavy atom. The topological polar surface area (TPSA) is 93.3 Å². The summed E-state index contributed by atoms with van der Waals surface area (Å²) in [4.78, 5) is 33.6. The van der Waals surface area contributed by atoms with Crippen molar-refractivity contribution >= 4 is 51.0 Å². The van der Waals surface area contributed by atoms with Crippen molar-refractivity contribution in [2.24, 2.45) is 0 Å². The molecular formula is C21H25N3O4S2. The molecule has 1 aromatic carbocycles. The molecule has 0 unspecified atom stereocenters. The minimum Gasteiger partial charge on any atom is -0.494 e. The van der Waals surface area contributed by atoms with Crippen LogP contribution in [0.3, 0.4) is 0 Å². The molecule has 2 aromatic heterocycles. The average molecular weight is 448 g/mol. The van der Waals surface area contributed by atoms with Gasteiger partial charge in [0.25, 0.3) is 0 Å². The number of nitrogens with zero attached hydrogens (tertiary/aromatic N) is 1. The van der Waals surface area contributed by atoms with Gasteiger partial charge in [0, 0.05) is 10.9 Å². The van der Waals surface area contributed by atoms with Crippen LogP contribution in [0.1, 0.15) is 41.6 Å². The zero-order valence-corrected chi connectivity index (χ0v) is 19.1. The first-order valence-electron chi connectivity index (χ1n) is 9.81. The number of aromatic nitrogens is 2. The van der Waals surface area contributed by atoms with Crippen molar-refractivity contribution in [3.8, 4) is 5.75 Å². The third-order valence-corrected chi connectivity index (χ3v) is 6.31. The average Bonchev–Trinajstić information content (AvgIpc) is 3.26. The minimum atomic E-state index is -0.399. The van der Waals surface area contributed by atoms with E-state index in [4.69, 9.17) is 9.47 Å². The molecule has 160 valence electrons. The van der Waals surface area contributed by atoms with Crippen molar-refractivity contribution in [3.05, 3.63) is 34.2 Å². The summed E-state index contributed by atoms with van der Waals surface area (Å²) in [6.45, 7) is 8.51. The number of carbonyl (C=O) groups excluding carboxylic acids is 2. The highest BCUT2D eigenvalue weighted by Gasteiger charge is 2.23. The number of benzene rings is 1. The summed E-state index contributed by atoms with van der Waals surface area (Å²) in [6.07, 6.45) is 0.698. The molecule has 0 aliphatic carbocycles. The van der Waals surface area contributed by atoms with Crippen molar-refractivity contribution in [1.29, 1.82) is 0 Å². The molecule has 0 aliphatic rings. The molecule has 2 heterocycles. The third kappa shape index (κ3) is 4.96. The number of anilines is 1. The van der Waals surface area contributed by atoms with Gasteiger partial charge in [-0.05, 0) is 44.9 Å². The molecule has 9 heteroatoms. The number of fused-ring (bicyclic) bond motifs is 1. The van der Waals surface area contributed by atoms with Gasteiger partial charge in [-0.1, -0.05) is 18.7 Å². The van der Waals surface area contributed by atoms with E-state index in [0.29, 0.717) is 28.7 Å². The van der Waals surface area contributed by atoms with Gasteiger partial charge in [0.15, 0.2) is 5.16 Å². The highest BCUT2D eigenvalue weighted by molar-refractivity contribution is 7.99. The first kappa shape index (κ1) is 22.2. The molecule has 30 heavy (non-hydrogen) atoms. The maximum Gasteiger partial charge on any atom is 0.341 e. The number of thiophene rings is 1. The van der Waals surface area contributed by atoms with Gasteiger partial charge in [0.1, 0.15) is 10.8 Å². The standard InChI is InChI=1S/C21H25N3O4S2/c1-5-14-12(4)30-19(18(14)20(26)28-7-3)24-17(25)11-29-21-22-15-9-8-13(27-6-2)10-16(15)23-21/h8-10H,5-7,11H2,1-4H3,(H,22,23)(H,24,25). The van der Waals surface area contributed by atoms with E-state index < -0.39 is 5.97 Å². The smallest absolute Gasteiger partial charge is 0.341 e. The predicted octanol–water partition coefficient (Wildman–Crippen LogP) is 4.80.